The zero-order valence-electron chi connectivity index (χ0n) is 14.4. The van der Waals surface area contributed by atoms with E-state index in [2.05, 4.69) is 14.0 Å². The van der Waals surface area contributed by atoms with Crippen LogP contribution >= 0.6 is 12.4 Å². The van der Waals surface area contributed by atoms with Gasteiger partial charge >= 0.3 is 0 Å². The molecule has 2 aliphatic rings. The van der Waals surface area contributed by atoms with Crippen molar-refractivity contribution in [3.8, 4) is 0 Å². The molecular formula is C15H22ClN5O3S2. The number of amides is 1. The smallest absolute Gasteiger partial charge is 0.245 e. The van der Waals surface area contributed by atoms with Gasteiger partial charge in [0.2, 0.25) is 15.9 Å². The van der Waals surface area contributed by atoms with E-state index in [9.17, 15) is 13.2 Å². The van der Waals surface area contributed by atoms with E-state index < -0.39 is 10.0 Å². The first-order valence-electron chi connectivity index (χ1n) is 8.18. The number of hydrogen-bond acceptors (Lipinski definition) is 6. The molecule has 0 saturated carbocycles. The number of carbonyl (C=O) groups is 1. The van der Waals surface area contributed by atoms with E-state index in [1.165, 1.54) is 4.31 Å². The van der Waals surface area contributed by atoms with Crippen molar-refractivity contribution in [3.63, 3.8) is 0 Å². The standard InChI is InChI=1S/C15H21N5O3S2.ClH/c1-16-7-3-6-14(21)19-8-10-20(11-9-19)25(22,23)13-5-2-4-12-15(13)18-24-17-12;/h2,4-5,16H,3,6-11H2,1H3;1H. The maximum absolute atomic E-state index is 12.9. The molecule has 2 aliphatic heterocycles. The Morgan fingerprint density at radius 1 is 1.23 bits per heavy atom. The van der Waals surface area contributed by atoms with Crippen LogP contribution in [0.3, 0.4) is 0 Å². The van der Waals surface area contributed by atoms with Crippen LogP contribution in [-0.2, 0) is 26.2 Å². The van der Waals surface area contributed by atoms with Gasteiger partial charge in [-0.1, -0.05) is 6.07 Å². The lowest BCUT2D eigenvalue weighted by molar-refractivity contribution is -0.132. The Balaban J connectivity index is 0.00000243. The van der Waals surface area contributed by atoms with Gasteiger partial charge in [-0.15, -0.1) is 12.4 Å². The molecule has 0 unspecified atom stereocenters. The minimum absolute atomic E-state index is 0. The van der Waals surface area contributed by atoms with Crippen LogP contribution in [0.15, 0.2) is 31.8 Å². The molecule has 0 spiro atoms. The molecule has 0 atom stereocenters. The van der Waals surface area contributed by atoms with E-state index in [-0.39, 0.29) is 23.2 Å². The second-order valence-electron chi connectivity index (χ2n) is 5.88. The predicted molar refractivity (Wildman–Crippen MR) is 104 cm³/mol. The molecule has 2 heterocycles. The monoisotopic (exact) mass is 419 g/mol. The maximum atomic E-state index is 12.9. The quantitative estimate of drug-likeness (QED) is 0.720. The first-order valence-corrected chi connectivity index (χ1v) is 10.3. The Labute approximate surface area is 163 Å². The summed E-state index contributed by atoms with van der Waals surface area (Å²) < 4.78 is 35.5. The summed E-state index contributed by atoms with van der Waals surface area (Å²) in [5, 5.41) is 3.02. The van der Waals surface area contributed by atoms with E-state index in [4.69, 9.17) is 0 Å². The average molecular weight is 420 g/mol. The van der Waals surface area contributed by atoms with Crippen molar-refractivity contribution in [1.29, 1.82) is 0 Å². The molecule has 26 heavy (non-hydrogen) atoms. The lowest BCUT2D eigenvalue weighted by Crippen LogP contribution is -2.50. The molecule has 11 heteroatoms. The van der Waals surface area contributed by atoms with Gasteiger partial charge in [-0.25, -0.2) is 8.42 Å². The molecule has 1 saturated heterocycles. The molecule has 1 N–H and O–H groups in total. The number of carbonyl (C=O) groups excluding carboxylic acids is 1. The molecule has 8 nitrogen and oxygen atoms in total. The van der Waals surface area contributed by atoms with Gasteiger partial charge < -0.3 is 10.2 Å². The summed E-state index contributed by atoms with van der Waals surface area (Å²) in [5.41, 5.74) is 1.00. The van der Waals surface area contributed by atoms with E-state index in [0.717, 1.165) is 24.3 Å². The van der Waals surface area contributed by atoms with Crippen LogP contribution in [0.25, 0.3) is 0 Å². The van der Waals surface area contributed by atoms with Gasteiger partial charge in [0, 0.05) is 32.6 Å². The first-order chi connectivity index (χ1) is 12.0. The van der Waals surface area contributed by atoms with Crippen molar-refractivity contribution in [3.05, 3.63) is 18.2 Å². The van der Waals surface area contributed by atoms with Crippen molar-refractivity contribution in [1.82, 2.24) is 14.5 Å². The topological polar surface area (TPSA) is 94.4 Å². The van der Waals surface area contributed by atoms with Gasteiger partial charge in [-0.2, -0.15) is 13.0 Å². The molecule has 3 rings (SSSR count). The zero-order valence-corrected chi connectivity index (χ0v) is 16.9. The third kappa shape index (κ3) is 4.32. The van der Waals surface area contributed by atoms with Gasteiger partial charge in [-0.3, -0.25) is 4.79 Å². The number of hydrogen-bond donors (Lipinski definition) is 1. The Bertz CT molecular complexity index is 832. The molecule has 0 aliphatic carbocycles. The van der Waals surface area contributed by atoms with Crippen LogP contribution in [0, 0.1) is 0 Å². The molecule has 0 aromatic heterocycles. The highest BCUT2D eigenvalue weighted by atomic mass is 35.5. The SMILES string of the molecule is CNCCCC(=O)N1CCN(S(=O)(=O)c2cccc3c2N=S=N3)CC1.Cl. The van der Waals surface area contributed by atoms with E-state index in [1.54, 1.807) is 23.1 Å². The largest absolute Gasteiger partial charge is 0.340 e. The van der Waals surface area contributed by atoms with Crippen LogP contribution in [0.4, 0.5) is 11.4 Å². The van der Waals surface area contributed by atoms with Gasteiger partial charge in [0.25, 0.3) is 0 Å². The molecule has 0 radical (unpaired) electrons. The Morgan fingerprint density at radius 3 is 2.65 bits per heavy atom. The summed E-state index contributed by atoms with van der Waals surface area (Å²) in [6, 6.07) is 4.99. The predicted octanol–water partition coefficient (Wildman–Crippen LogP) is 1.67. The normalized spacial score (nSPS) is 16.7. The Morgan fingerprint density at radius 2 is 1.96 bits per heavy atom. The van der Waals surface area contributed by atoms with Crippen LogP contribution in [0.2, 0.25) is 0 Å². The molecule has 1 aromatic rings. The second kappa shape index (κ2) is 9.05. The van der Waals surface area contributed by atoms with Crippen molar-refractivity contribution in [2.24, 2.45) is 8.73 Å². The fourth-order valence-electron chi connectivity index (χ4n) is 2.88. The van der Waals surface area contributed by atoms with Crippen molar-refractivity contribution >= 4 is 51.1 Å². The number of piperazine rings is 1. The number of nitrogens with one attached hydrogen (secondary N) is 1. The van der Waals surface area contributed by atoms with Crippen LogP contribution in [-0.4, -0.2) is 63.3 Å². The summed E-state index contributed by atoms with van der Waals surface area (Å²) in [7, 11) is -1.79. The second-order valence-corrected chi connectivity index (χ2v) is 8.31. The maximum Gasteiger partial charge on any atom is 0.245 e. The highest BCUT2D eigenvalue weighted by Gasteiger charge is 2.32. The highest BCUT2D eigenvalue weighted by molar-refractivity contribution is 7.89. The van der Waals surface area contributed by atoms with Crippen LogP contribution in [0.5, 0.6) is 0 Å². The number of sulfonamides is 1. The van der Waals surface area contributed by atoms with Crippen LogP contribution in [0.1, 0.15) is 12.8 Å². The molecule has 0 bridgehead atoms. The first kappa shape index (κ1) is 21.0. The number of benzene rings is 1. The number of rotatable bonds is 6. The van der Waals surface area contributed by atoms with Gasteiger partial charge in [-0.05, 0) is 32.1 Å². The summed E-state index contributed by atoms with van der Waals surface area (Å²) in [6.07, 6.45) is 1.27. The number of nitrogens with zero attached hydrogens (tertiary/aromatic N) is 4. The summed E-state index contributed by atoms with van der Waals surface area (Å²) in [5.74, 6) is 0.0816. The minimum Gasteiger partial charge on any atom is -0.340 e. The van der Waals surface area contributed by atoms with Crippen LogP contribution < -0.4 is 5.32 Å². The summed E-state index contributed by atoms with van der Waals surface area (Å²) in [6.45, 7) is 2.24. The summed E-state index contributed by atoms with van der Waals surface area (Å²) >= 11 is 1.00. The fourth-order valence-corrected chi connectivity index (χ4v) is 5.06. The average Bonchev–Trinajstić information content (AvgIpc) is 3.10. The van der Waals surface area contributed by atoms with E-state index in [0.29, 0.717) is 44.0 Å². The minimum atomic E-state index is -3.64. The zero-order chi connectivity index (χ0) is 17.9. The van der Waals surface area contributed by atoms with Gasteiger partial charge in [0.15, 0.2) is 0 Å². The highest BCUT2D eigenvalue weighted by Crippen LogP contribution is 2.38. The van der Waals surface area contributed by atoms with E-state index in [1.807, 2.05) is 7.05 Å². The lowest BCUT2D eigenvalue weighted by Gasteiger charge is -2.34. The fraction of sp³-hybridized carbons (Fsp3) is 0.533. The molecule has 144 valence electrons. The number of halogens is 1. The lowest BCUT2D eigenvalue weighted by atomic mass is 10.2. The molecule has 1 amide bonds. The van der Waals surface area contributed by atoms with E-state index >= 15 is 0 Å². The molecule has 1 aromatic carbocycles. The Hall–Kier alpha value is -1.33. The molecule has 1 fully saturated rings. The third-order valence-corrected chi connectivity index (χ3v) is 6.75. The third-order valence-electron chi connectivity index (χ3n) is 4.28. The van der Waals surface area contributed by atoms with Crippen molar-refractivity contribution < 1.29 is 13.2 Å². The van der Waals surface area contributed by atoms with Crippen molar-refractivity contribution in [2.45, 2.75) is 17.7 Å². The van der Waals surface area contributed by atoms with Gasteiger partial charge in [0.1, 0.15) is 16.3 Å². The van der Waals surface area contributed by atoms with Crippen molar-refractivity contribution in [2.75, 3.05) is 39.8 Å². The summed E-state index contributed by atoms with van der Waals surface area (Å²) in [4.78, 5) is 14.1. The Kier molecular flexibility index (Phi) is 7.30. The number of fused-ring (bicyclic) bond motifs is 1. The molecular weight excluding hydrogens is 398 g/mol. The van der Waals surface area contributed by atoms with Gasteiger partial charge in [0.05, 0.1) is 11.4 Å².